The van der Waals surface area contributed by atoms with Crippen molar-refractivity contribution in [1.29, 1.82) is 0 Å². The summed E-state index contributed by atoms with van der Waals surface area (Å²) in [5, 5.41) is 0. The standard InChI is InChI=1S/C16H24N2O4S/c1-11-12-7-6-8-14(17-23(5,20)21)13(12)9-10-18(11)15(19)22-16(2,3)4/h6-8,11,17H,9-10H2,1-5H3/t11-/m0/s1. The van der Waals surface area contributed by atoms with Crippen LogP contribution in [0, 0.1) is 0 Å². The number of hydrogen-bond donors (Lipinski definition) is 1. The van der Waals surface area contributed by atoms with Crippen molar-refractivity contribution in [3.8, 4) is 0 Å². The maximum absolute atomic E-state index is 12.3. The van der Waals surface area contributed by atoms with Crippen molar-refractivity contribution < 1.29 is 17.9 Å². The first kappa shape index (κ1) is 17.6. The summed E-state index contributed by atoms with van der Waals surface area (Å²) in [6.45, 7) is 7.92. The van der Waals surface area contributed by atoms with Crippen LogP contribution in [0.1, 0.15) is 44.9 Å². The number of nitrogens with one attached hydrogen (secondary N) is 1. The number of ether oxygens (including phenoxy) is 1. The molecule has 6 nitrogen and oxygen atoms in total. The quantitative estimate of drug-likeness (QED) is 0.898. The van der Waals surface area contributed by atoms with Gasteiger partial charge in [0.2, 0.25) is 10.0 Å². The van der Waals surface area contributed by atoms with Crippen molar-refractivity contribution in [3.63, 3.8) is 0 Å². The molecule has 1 heterocycles. The van der Waals surface area contributed by atoms with Crippen LogP contribution in [0.4, 0.5) is 10.5 Å². The molecule has 1 amide bonds. The summed E-state index contributed by atoms with van der Waals surface area (Å²) < 4.78 is 31.0. The highest BCUT2D eigenvalue weighted by Crippen LogP contribution is 2.34. The van der Waals surface area contributed by atoms with Gasteiger partial charge in [-0.05, 0) is 51.3 Å². The van der Waals surface area contributed by atoms with Crippen LogP contribution >= 0.6 is 0 Å². The first-order valence-corrected chi connectivity index (χ1v) is 9.46. The minimum Gasteiger partial charge on any atom is -0.444 e. The molecule has 7 heteroatoms. The second kappa shape index (κ2) is 6.03. The molecule has 1 atom stereocenters. The molecular weight excluding hydrogens is 316 g/mol. The van der Waals surface area contributed by atoms with E-state index < -0.39 is 15.6 Å². The van der Waals surface area contributed by atoms with Crippen LogP contribution in [-0.4, -0.2) is 37.8 Å². The zero-order chi connectivity index (χ0) is 17.4. The van der Waals surface area contributed by atoms with E-state index in [2.05, 4.69) is 4.72 Å². The predicted octanol–water partition coefficient (Wildman–Crippen LogP) is 2.91. The Hall–Kier alpha value is -1.76. The SMILES string of the molecule is C[C@H]1c2cccc(NS(C)(=O)=O)c2CCN1C(=O)OC(C)(C)C. The van der Waals surface area contributed by atoms with E-state index >= 15 is 0 Å². The Labute approximate surface area is 137 Å². The number of carbonyl (C=O) groups is 1. The second-order valence-corrected chi connectivity index (χ2v) is 8.60. The van der Waals surface area contributed by atoms with Crippen molar-refractivity contribution in [2.75, 3.05) is 17.5 Å². The molecule has 2 rings (SSSR count). The lowest BCUT2D eigenvalue weighted by Gasteiger charge is -2.37. The molecule has 0 radical (unpaired) electrons. The van der Waals surface area contributed by atoms with E-state index in [0.717, 1.165) is 17.4 Å². The molecule has 0 bridgehead atoms. The molecule has 1 aromatic carbocycles. The molecular formula is C16H24N2O4S. The van der Waals surface area contributed by atoms with Gasteiger partial charge < -0.3 is 9.64 Å². The minimum absolute atomic E-state index is 0.171. The van der Waals surface area contributed by atoms with Crippen molar-refractivity contribution in [2.24, 2.45) is 0 Å². The summed E-state index contributed by atoms with van der Waals surface area (Å²) in [6.07, 6.45) is 1.36. The van der Waals surface area contributed by atoms with E-state index in [0.29, 0.717) is 18.7 Å². The normalized spacial score (nSPS) is 18.3. The number of benzene rings is 1. The van der Waals surface area contributed by atoms with Gasteiger partial charge in [0.05, 0.1) is 18.0 Å². The molecule has 128 valence electrons. The van der Waals surface area contributed by atoms with Gasteiger partial charge in [0.1, 0.15) is 5.60 Å². The fourth-order valence-electron chi connectivity index (χ4n) is 2.73. The molecule has 0 aliphatic carbocycles. The Balaban J connectivity index is 2.29. The third-order valence-electron chi connectivity index (χ3n) is 3.66. The zero-order valence-electron chi connectivity index (χ0n) is 14.2. The lowest BCUT2D eigenvalue weighted by Crippen LogP contribution is -2.42. The summed E-state index contributed by atoms with van der Waals surface area (Å²) >= 11 is 0. The fraction of sp³-hybridized carbons (Fsp3) is 0.562. The Morgan fingerprint density at radius 2 is 2.00 bits per heavy atom. The van der Waals surface area contributed by atoms with Crippen molar-refractivity contribution in [3.05, 3.63) is 29.3 Å². The van der Waals surface area contributed by atoms with Gasteiger partial charge in [-0.3, -0.25) is 4.72 Å². The zero-order valence-corrected chi connectivity index (χ0v) is 15.0. The van der Waals surface area contributed by atoms with Gasteiger partial charge in [-0.2, -0.15) is 0 Å². The van der Waals surface area contributed by atoms with Crippen LogP contribution in [0.3, 0.4) is 0 Å². The van der Waals surface area contributed by atoms with E-state index in [4.69, 9.17) is 4.74 Å². The van der Waals surface area contributed by atoms with Crippen LogP contribution in [0.15, 0.2) is 18.2 Å². The molecule has 1 N–H and O–H groups in total. The number of hydrogen-bond acceptors (Lipinski definition) is 4. The predicted molar refractivity (Wildman–Crippen MR) is 90.0 cm³/mol. The third kappa shape index (κ3) is 4.37. The van der Waals surface area contributed by atoms with E-state index in [1.54, 1.807) is 17.0 Å². The number of carbonyl (C=O) groups excluding carboxylic acids is 1. The van der Waals surface area contributed by atoms with Gasteiger partial charge in [-0.15, -0.1) is 0 Å². The fourth-order valence-corrected chi connectivity index (χ4v) is 3.32. The molecule has 1 aliphatic rings. The average Bonchev–Trinajstić information content (AvgIpc) is 2.36. The lowest BCUT2D eigenvalue weighted by molar-refractivity contribution is 0.0160. The Kier molecular flexibility index (Phi) is 4.61. The first-order valence-electron chi connectivity index (χ1n) is 7.57. The monoisotopic (exact) mass is 340 g/mol. The smallest absolute Gasteiger partial charge is 0.410 e. The highest BCUT2D eigenvalue weighted by atomic mass is 32.2. The molecule has 0 spiro atoms. The van der Waals surface area contributed by atoms with Gasteiger partial charge >= 0.3 is 6.09 Å². The first-order chi connectivity index (χ1) is 10.5. The Morgan fingerprint density at radius 3 is 2.57 bits per heavy atom. The number of sulfonamides is 1. The van der Waals surface area contributed by atoms with Crippen LogP contribution in [0.2, 0.25) is 0 Å². The summed E-state index contributed by atoms with van der Waals surface area (Å²) in [5.41, 5.74) is 1.92. The van der Waals surface area contributed by atoms with Gasteiger partial charge in [-0.1, -0.05) is 12.1 Å². The lowest BCUT2D eigenvalue weighted by atomic mass is 9.92. The average molecular weight is 340 g/mol. The molecule has 0 aromatic heterocycles. The van der Waals surface area contributed by atoms with E-state index in [1.165, 1.54) is 0 Å². The topological polar surface area (TPSA) is 75.7 Å². The highest BCUT2D eigenvalue weighted by Gasteiger charge is 2.32. The summed E-state index contributed by atoms with van der Waals surface area (Å²) in [4.78, 5) is 14.0. The number of fused-ring (bicyclic) bond motifs is 1. The third-order valence-corrected chi connectivity index (χ3v) is 4.25. The number of nitrogens with zero attached hydrogens (tertiary/aromatic N) is 1. The van der Waals surface area contributed by atoms with E-state index in [-0.39, 0.29) is 12.1 Å². The Bertz CT molecular complexity index is 707. The maximum Gasteiger partial charge on any atom is 0.410 e. The molecule has 0 fully saturated rings. The highest BCUT2D eigenvalue weighted by molar-refractivity contribution is 7.92. The summed E-state index contributed by atoms with van der Waals surface area (Å²) in [7, 11) is -3.34. The second-order valence-electron chi connectivity index (χ2n) is 6.85. The molecule has 1 aromatic rings. The van der Waals surface area contributed by atoms with Crippen LogP contribution in [-0.2, 0) is 21.2 Å². The summed E-state index contributed by atoms with van der Waals surface area (Å²) in [6, 6.07) is 5.29. The van der Waals surface area contributed by atoms with E-state index in [1.807, 2.05) is 33.8 Å². The van der Waals surface area contributed by atoms with Crippen molar-refractivity contribution >= 4 is 21.8 Å². The van der Waals surface area contributed by atoms with Crippen LogP contribution < -0.4 is 4.72 Å². The maximum atomic E-state index is 12.3. The van der Waals surface area contributed by atoms with Gasteiger partial charge in [0.15, 0.2) is 0 Å². The number of amides is 1. The van der Waals surface area contributed by atoms with Gasteiger partial charge in [0, 0.05) is 6.54 Å². The number of rotatable bonds is 2. The van der Waals surface area contributed by atoms with Gasteiger partial charge in [-0.25, -0.2) is 13.2 Å². The molecule has 23 heavy (non-hydrogen) atoms. The van der Waals surface area contributed by atoms with Crippen molar-refractivity contribution in [2.45, 2.75) is 45.8 Å². The number of anilines is 1. The molecule has 0 unspecified atom stereocenters. The molecule has 0 saturated heterocycles. The van der Waals surface area contributed by atoms with Crippen LogP contribution in [0.5, 0.6) is 0 Å². The summed E-state index contributed by atoms with van der Waals surface area (Å²) in [5.74, 6) is 0. The Morgan fingerprint density at radius 1 is 1.35 bits per heavy atom. The molecule has 1 aliphatic heterocycles. The largest absolute Gasteiger partial charge is 0.444 e. The van der Waals surface area contributed by atoms with Crippen LogP contribution in [0.25, 0.3) is 0 Å². The van der Waals surface area contributed by atoms with E-state index in [9.17, 15) is 13.2 Å². The van der Waals surface area contributed by atoms with Crippen molar-refractivity contribution in [1.82, 2.24) is 4.90 Å². The minimum atomic E-state index is -3.34. The van der Waals surface area contributed by atoms with Gasteiger partial charge in [0.25, 0.3) is 0 Å². The molecule has 0 saturated carbocycles.